The van der Waals surface area contributed by atoms with Gasteiger partial charge in [0.2, 0.25) is 0 Å². The number of Topliss-reactive ketones (excluding diaryl/α,β-unsaturated/α-hetero) is 1. The second-order valence-corrected chi connectivity index (χ2v) is 10.8. The Kier molecular flexibility index (Phi) is 8.05. The number of esters is 1. The first kappa shape index (κ1) is 24.4. The lowest BCUT2D eigenvalue weighted by Crippen LogP contribution is -2.22. The van der Waals surface area contributed by atoms with E-state index in [1.807, 2.05) is 20.8 Å². The van der Waals surface area contributed by atoms with E-state index in [2.05, 4.69) is 60.6 Å². The molecule has 0 unspecified atom stereocenters. The second-order valence-electron chi connectivity index (χ2n) is 10.8. The molecule has 0 aliphatic heterocycles. The van der Waals surface area contributed by atoms with Crippen LogP contribution in [0.15, 0.2) is 12.1 Å². The van der Waals surface area contributed by atoms with Crippen LogP contribution in [0.4, 0.5) is 0 Å². The maximum atomic E-state index is 12.5. The van der Waals surface area contributed by atoms with E-state index in [1.54, 1.807) is 0 Å². The van der Waals surface area contributed by atoms with Crippen molar-refractivity contribution < 1.29 is 14.3 Å². The van der Waals surface area contributed by atoms with Crippen molar-refractivity contribution in [3.63, 3.8) is 0 Å². The number of carbonyl (C=O) groups excluding carboxylic acids is 2. The van der Waals surface area contributed by atoms with E-state index >= 15 is 0 Å². The van der Waals surface area contributed by atoms with Gasteiger partial charge in [0.15, 0.2) is 0 Å². The summed E-state index contributed by atoms with van der Waals surface area (Å²) in [5.41, 5.74) is 3.18. The predicted octanol–water partition coefficient (Wildman–Crippen LogP) is 6.82. The summed E-state index contributed by atoms with van der Waals surface area (Å²) in [6, 6.07) is 4.37. The fourth-order valence-corrected chi connectivity index (χ4v) is 3.18. The third kappa shape index (κ3) is 7.41. The zero-order chi connectivity index (χ0) is 21.9. The zero-order valence-corrected chi connectivity index (χ0v) is 19.7. The van der Waals surface area contributed by atoms with E-state index in [-0.39, 0.29) is 41.8 Å². The van der Waals surface area contributed by atoms with Crippen LogP contribution in [-0.4, -0.2) is 11.8 Å². The number of ketones is 1. The average Bonchev–Trinajstić information content (AvgIpc) is 2.50. The van der Waals surface area contributed by atoms with Crippen LogP contribution < -0.4 is 4.74 Å². The van der Waals surface area contributed by atoms with Gasteiger partial charge in [0.05, 0.1) is 6.42 Å². The van der Waals surface area contributed by atoms with Gasteiger partial charge in [-0.25, -0.2) is 0 Å². The molecule has 0 N–H and O–H groups in total. The fraction of sp³-hybridized carbons (Fsp3) is 0.680. The Morgan fingerprint density at radius 2 is 1.32 bits per heavy atom. The number of rotatable bonds is 7. The first-order chi connectivity index (χ1) is 12.6. The van der Waals surface area contributed by atoms with Crippen molar-refractivity contribution in [3.8, 4) is 5.75 Å². The number of ether oxygens (including phenoxy) is 1. The van der Waals surface area contributed by atoms with Crippen molar-refractivity contribution in [2.75, 3.05) is 0 Å². The summed E-state index contributed by atoms with van der Waals surface area (Å²) < 4.78 is 5.86. The molecule has 0 aliphatic rings. The van der Waals surface area contributed by atoms with Gasteiger partial charge >= 0.3 is 5.97 Å². The Morgan fingerprint density at radius 3 is 1.68 bits per heavy atom. The third-order valence-electron chi connectivity index (χ3n) is 4.79. The summed E-state index contributed by atoms with van der Waals surface area (Å²) in [4.78, 5) is 24.7. The van der Waals surface area contributed by atoms with E-state index in [9.17, 15) is 9.59 Å². The van der Waals surface area contributed by atoms with E-state index in [1.165, 1.54) is 5.56 Å². The van der Waals surface area contributed by atoms with Gasteiger partial charge in [-0.3, -0.25) is 9.59 Å². The highest BCUT2D eigenvalue weighted by Gasteiger charge is 2.24. The molecule has 0 aliphatic carbocycles. The predicted molar refractivity (Wildman–Crippen MR) is 117 cm³/mol. The number of hydrogen-bond donors (Lipinski definition) is 0. The van der Waals surface area contributed by atoms with Gasteiger partial charge in [0.25, 0.3) is 0 Å². The minimum absolute atomic E-state index is 0.0816. The normalized spacial score (nSPS) is 12.6. The molecule has 0 spiro atoms. The molecular weight excluding hydrogens is 348 g/mol. The molecule has 0 saturated heterocycles. The smallest absolute Gasteiger partial charge is 0.311 e. The van der Waals surface area contributed by atoms with E-state index < -0.39 is 5.41 Å². The molecule has 1 aromatic rings. The largest absolute Gasteiger partial charge is 0.426 e. The topological polar surface area (TPSA) is 43.4 Å². The van der Waals surface area contributed by atoms with Gasteiger partial charge in [-0.15, -0.1) is 0 Å². The highest BCUT2D eigenvalue weighted by Crippen LogP contribution is 2.37. The van der Waals surface area contributed by atoms with Crippen molar-refractivity contribution >= 4 is 11.8 Å². The maximum Gasteiger partial charge on any atom is 0.311 e. The van der Waals surface area contributed by atoms with Crippen LogP contribution in [0.5, 0.6) is 5.75 Å². The van der Waals surface area contributed by atoms with Crippen LogP contribution in [0.3, 0.4) is 0 Å². The maximum absolute atomic E-state index is 12.5. The molecule has 0 heterocycles. The molecule has 1 rings (SSSR count). The molecule has 3 heteroatoms. The van der Waals surface area contributed by atoms with Crippen molar-refractivity contribution in [1.82, 2.24) is 0 Å². The van der Waals surface area contributed by atoms with Crippen LogP contribution in [0, 0.1) is 10.8 Å². The van der Waals surface area contributed by atoms with Crippen LogP contribution in [0.1, 0.15) is 111 Å². The SMILES string of the molecule is CC(C)c1cc(CC(C)(C)C)cc(C(C)C)c1OC(=O)CCC(=O)C(C)(C)C. The lowest BCUT2D eigenvalue weighted by Gasteiger charge is -2.24. The summed E-state index contributed by atoms with van der Waals surface area (Å²) in [6.45, 7) is 20.8. The van der Waals surface area contributed by atoms with Crippen LogP contribution in [-0.2, 0) is 16.0 Å². The van der Waals surface area contributed by atoms with Crippen LogP contribution >= 0.6 is 0 Å². The van der Waals surface area contributed by atoms with Crippen molar-refractivity contribution in [3.05, 3.63) is 28.8 Å². The monoisotopic (exact) mass is 388 g/mol. The number of hydrogen-bond acceptors (Lipinski definition) is 3. The Hall–Kier alpha value is -1.64. The van der Waals surface area contributed by atoms with Crippen molar-refractivity contribution in [2.45, 2.75) is 100 Å². The summed E-state index contributed by atoms with van der Waals surface area (Å²) >= 11 is 0. The first-order valence-electron chi connectivity index (χ1n) is 10.5. The number of carbonyl (C=O) groups is 2. The molecule has 3 nitrogen and oxygen atoms in total. The molecule has 0 aromatic heterocycles. The summed E-state index contributed by atoms with van der Waals surface area (Å²) in [5, 5.41) is 0. The molecular formula is C25H40O3. The van der Waals surface area contributed by atoms with Gasteiger partial charge in [0, 0.05) is 11.8 Å². The Bertz CT molecular complexity index is 668. The lowest BCUT2D eigenvalue weighted by atomic mass is 9.84. The van der Waals surface area contributed by atoms with Gasteiger partial charge in [-0.2, -0.15) is 0 Å². The summed E-state index contributed by atoms with van der Waals surface area (Å²) in [6.07, 6.45) is 1.31. The Balaban J connectivity index is 3.18. The molecule has 28 heavy (non-hydrogen) atoms. The van der Waals surface area contributed by atoms with Gasteiger partial charge < -0.3 is 4.74 Å². The Labute approximate surface area is 172 Å². The van der Waals surface area contributed by atoms with E-state index in [0.717, 1.165) is 17.5 Å². The third-order valence-corrected chi connectivity index (χ3v) is 4.79. The summed E-state index contributed by atoms with van der Waals surface area (Å²) in [7, 11) is 0. The lowest BCUT2D eigenvalue weighted by molar-refractivity contribution is -0.137. The molecule has 158 valence electrons. The molecule has 1 aromatic carbocycles. The molecule has 0 fully saturated rings. The van der Waals surface area contributed by atoms with Gasteiger partial charge in [0.1, 0.15) is 11.5 Å². The first-order valence-corrected chi connectivity index (χ1v) is 10.5. The standard InChI is InChI=1S/C25H40O3/c1-16(2)19-13-18(15-24(5,6)7)14-20(17(3)4)23(19)28-22(27)12-11-21(26)25(8,9)10/h13-14,16-17H,11-12,15H2,1-10H3. The van der Waals surface area contributed by atoms with Gasteiger partial charge in [-0.1, -0.05) is 81.4 Å². The molecule has 0 atom stereocenters. The minimum Gasteiger partial charge on any atom is -0.426 e. The average molecular weight is 389 g/mol. The molecule has 0 radical (unpaired) electrons. The van der Waals surface area contributed by atoms with E-state index in [4.69, 9.17) is 4.74 Å². The minimum atomic E-state index is -0.429. The molecule has 0 saturated carbocycles. The number of benzene rings is 1. The van der Waals surface area contributed by atoms with Crippen LogP contribution in [0.2, 0.25) is 0 Å². The van der Waals surface area contributed by atoms with Gasteiger partial charge in [-0.05, 0) is 40.4 Å². The highest BCUT2D eigenvalue weighted by molar-refractivity contribution is 5.87. The Morgan fingerprint density at radius 1 is 0.857 bits per heavy atom. The molecule has 0 amide bonds. The van der Waals surface area contributed by atoms with Crippen molar-refractivity contribution in [1.29, 1.82) is 0 Å². The molecule has 0 bridgehead atoms. The quantitative estimate of drug-likeness (QED) is 0.380. The van der Waals surface area contributed by atoms with Crippen LogP contribution in [0.25, 0.3) is 0 Å². The second kappa shape index (κ2) is 9.24. The van der Waals surface area contributed by atoms with Crippen molar-refractivity contribution in [2.24, 2.45) is 10.8 Å². The highest BCUT2D eigenvalue weighted by atomic mass is 16.5. The summed E-state index contributed by atoms with van der Waals surface area (Å²) in [5.74, 6) is 0.937. The zero-order valence-electron chi connectivity index (χ0n) is 19.7. The fourth-order valence-electron chi connectivity index (χ4n) is 3.18. The van der Waals surface area contributed by atoms with E-state index in [0.29, 0.717) is 5.75 Å².